The van der Waals surface area contributed by atoms with Crippen molar-refractivity contribution in [2.45, 2.75) is 31.4 Å². The molecule has 0 unspecified atom stereocenters. The Kier molecular flexibility index (Phi) is 7.56. The lowest BCUT2D eigenvalue weighted by atomic mass is 9.94. The summed E-state index contributed by atoms with van der Waals surface area (Å²) >= 11 is 0. The number of Topliss-reactive ketones (excluding diaryl/α,β-unsaturated/α-hetero) is 1. The Morgan fingerprint density at radius 3 is 2.42 bits per heavy atom. The fourth-order valence-corrected chi connectivity index (χ4v) is 6.21. The predicted octanol–water partition coefficient (Wildman–Crippen LogP) is 1.42. The summed E-state index contributed by atoms with van der Waals surface area (Å²) in [5.41, 5.74) is 0.390. The number of halogens is 1. The molecule has 3 rings (SSSR count). The van der Waals surface area contributed by atoms with Crippen LogP contribution in [0.2, 0.25) is 0 Å². The van der Waals surface area contributed by atoms with Crippen molar-refractivity contribution in [3.05, 3.63) is 24.0 Å². The zero-order valence-electron chi connectivity index (χ0n) is 18.0. The van der Waals surface area contributed by atoms with E-state index in [1.165, 1.54) is 10.4 Å². The molecule has 1 N–H and O–H groups in total. The maximum absolute atomic E-state index is 14.7. The molecule has 10 heteroatoms. The first-order chi connectivity index (χ1) is 14.7. The van der Waals surface area contributed by atoms with Gasteiger partial charge in [-0.25, -0.2) is 12.8 Å². The van der Waals surface area contributed by atoms with E-state index in [-0.39, 0.29) is 39.1 Å². The maximum atomic E-state index is 14.7. The van der Waals surface area contributed by atoms with Crippen molar-refractivity contribution in [3.63, 3.8) is 0 Å². The van der Waals surface area contributed by atoms with E-state index in [0.717, 1.165) is 0 Å². The molecule has 0 aromatic heterocycles. The van der Waals surface area contributed by atoms with Crippen LogP contribution in [0.4, 0.5) is 10.1 Å². The van der Waals surface area contributed by atoms with Gasteiger partial charge in [0.05, 0.1) is 12.3 Å². The number of sulfonamides is 1. The molecule has 0 bridgehead atoms. The summed E-state index contributed by atoms with van der Waals surface area (Å²) in [6.45, 7) is 4.86. The van der Waals surface area contributed by atoms with E-state index in [2.05, 4.69) is 0 Å². The Balaban J connectivity index is 1.70. The van der Waals surface area contributed by atoms with Crippen LogP contribution in [0, 0.1) is 11.7 Å². The Hall–Kier alpha value is -1.75. The third-order valence-electron chi connectivity index (χ3n) is 5.87. The lowest BCUT2D eigenvalue weighted by molar-refractivity contribution is -0.126. The van der Waals surface area contributed by atoms with Crippen molar-refractivity contribution >= 4 is 21.5 Å². The number of nitrogens with zero attached hydrogens (tertiary/aromatic N) is 2. The topological polar surface area (TPSA) is 96.4 Å². The molecule has 0 amide bonds. The second-order valence-corrected chi connectivity index (χ2v) is 10.6. The zero-order chi connectivity index (χ0) is 22.6. The van der Waals surface area contributed by atoms with Gasteiger partial charge in [-0.05, 0) is 30.9 Å². The van der Waals surface area contributed by atoms with Gasteiger partial charge in [-0.2, -0.15) is 4.31 Å². The SMILES string of the molecule is CC(C)COc1ccc(N2CCN(S(=O)(=O)C3(C(=O)CO)CCOCC3)CC2)c(F)c1. The molecule has 2 saturated heterocycles. The van der Waals surface area contributed by atoms with Gasteiger partial charge in [-0.15, -0.1) is 0 Å². The van der Waals surface area contributed by atoms with Crippen molar-refractivity contribution in [3.8, 4) is 5.75 Å². The quantitative estimate of drug-likeness (QED) is 0.629. The highest BCUT2D eigenvalue weighted by Crippen LogP contribution is 2.35. The number of aliphatic hydroxyl groups excluding tert-OH is 1. The van der Waals surface area contributed by atoms with Gasteiger partial charge in [-0.1, -0.05) is 13.8 Å². The largest absolute Gasteiger partial charge is 0.493 e. The Morgan fingerprint density at radius 1 is 1.23 bits per heavy atom. The number of anilines is 1. The first-order valence-corrected chi connectivity index (χ1v) is 12.0. The van der Waals surface area contributed by atoms with Crippen molar-refractivity contribution in [1.29, 1.82) is 0 Å². The molecule has 174 valence electrons. The number of carbonyl (C=O) groups excluding carboxylic acids is 1. The Labute approximate surface area is 183 Å². The lowest BCUT2D eigenvalue weighted by Gasteiger charge is -2.42. The van der Waals surface area contributed by atoms with Gasteiger partial charge in [0, 0.05) is 45.5 Å². The van der Waals surface area contributed by atoms with Gasteiger partial charge in [-0.3, -0.25) is 4.79 Å². The molecule has 2 heterocycles. The number of ketones is 1. The van der Waals surface area contributed by atoms with Gasteiger partial charge < -0.3 is 19.5 Å². The number of benzene rings is 1. The normalized spacial score (nSPS) is 20.1. The Morgan fingerprint density at radius 2 is 1.87 bits per heavy atom. The van der Waals surface area contributed by atoms with E-state index in [1.54, 1.807) is 17.0 Å². The first-order valence-electron chi connectivity index (χ1n) is 10.6. The van der Waals surface area contributed by atoms with Crippen molar-refractivity contribution in [1.82, 2.24) is 4.31 Å². The highest BCUT2D eigenvalue weighted by atomic mass is 32.2. The average molecular weight is 459 g/mol. The van der Waals surface area contributed by atoms with E-state index in [4.69, 9.17) is 9.47 Å². The van der Waals surface area contributed by atoms with Crippen molar-refractivity contribution < 1.29 is 32.2 Å². The molecule has 8 nitrogen and oxygen atoms in total. The average Bonchev–Trinajstić information content (AvgIpc) is 2.77. The summed E-state index contributed by atoms with van der Waals surface area (Å²) in [5, 5.41) is 9.39. The number of aliphatic hydroxyl groups is 1. The molecule has 0 spiro atoms. The second-order valence-electron chi connectivity index (χ2n) is 8.40. The van der Waals surface area contributed by atoms with Gasteiger partial charge in [0.2, 0.25) is 10.0 Å². The minimum atomic E-state index is -3.99. The van der Waals surface area contributed by atoms with Crippen LogP contribution < -0.4 is 9.64 Å². The predicted molar refractivity (Wildman–Crippen MR) is 114 cm³/mol. The molecular formula is C21H31FN2O6S. The van der Waals surface area contributed by atoms with E-state index in [0.29, 0.717) is 37.1 Å². The fourth-order valence-electron chi connectivity index (χ4n) is 4.04. The monoisotopic (exact) mass is 458 g/mol. The maximum Gasteiger partial charge on any atom is 0.227 e. The molecule has 0 saturated carbocycles. The number of piperazine rings is 1. The molecular weight excluding hydrogens is 427 g/mol. The second kappa shape index (κ2) is 9.81. The molecule has 2 aliphatic rings. The summed E-state index contributed by atoms with van der Waals surface area (Å²) in [7, 11) is -3.99. The minimum absolute atomic E-state index is 0.0292. The molecule has 31 heavy (non-hydrogen) atoms. The number of rotatable bonds is 8. The summed E-state index contributed by atoms with van der Waals surface area (Å²) in [5.74, 6) is -0.329. The fraction of sp³-hybridized carbons (Fsp3) is 0.667. The van der Waals surface area contributed by atoms with E-state index in [1.807, 2.05) is 13.8 Å². The molecule has 0 aliphatic carbocycles. The van der Waals surface area contributed by atoms with Crippen LogP contribution in [0.3, 0.4) is 0 Å². The summed E-state index contributed by atoms with van der Waals surface area (Å²) in [4.78, 5) is 14.2. The van der Waals surface area contributed by atoms with Crippen LogP contribution in [0.25, 0.3) is 0 Å². The standard InChI is InChI=1S/C21H31FN2O6S/c1-16(2)15-30-17-3-4-19(18(22)13-17)23-7-9-24(10-8-23)31(27,28)21(20(26)14-25)5-11-29-12-6-21/h3-4,13,16,25H,5-12,14-15H2,1-2H3. The lowest BCUT2D eigenvalue weighted by Crippen LogP contribution is -2.60. The smallest absolute Gasteiger partial charge is 0.227 e. The van der Waals surface area contributed by atoms with Gasteiger partial charge in [0.15, 0.2) is 10.5 Å². The van der Waals surface area contributed by atoms with E-state index < -0.39 is 33.0 Å². The minimum Gasteiger partial charge on any atom is -0.493 e. The third kappa shape index (κ3) is 4.87. The molecule has 1 aromatic carbocycles. The van der Waals surface area contributed by atoms with Gasteiger partial charge in [0.25, 0.3) is 0 Å². The highest BCUT2D eigenvalue weighted by molar-refractivity contribution is 7.91. The van der Waals surface area contributed by atoms with Crippen LogP contribution in [0.1, 0.15) is 26.7 Å². The highest BCUT2D eigenvalue weighted by Gasteiger charge is 2.53. The number of ether oxygens (including phenoxy) is 2. The number of carbonyl (C=O) groups is 1. The molecule has 0 atom stereocenters. The van der Waals surface area contributed by atoms with Crippen LogP contribution in [-0.2, 0) is 19.6 Å². The van der Waals surface area contributed by atoms with Crippen LogP contribution in [-0.4, -0.2) is 81.0 Å². The van der Waals surface area contributed by atoms with E-state index >= 15 is 0 Å². The molecule has 2 fully saturated rings. The summed E-state index contributed by atoms with van der Waals surface area (Å²) in [6.07, 6.45) is 0.0583. The molecule has 1 aromatic rings. The first kappa shape index (κ1) is 23.9. The Bertz CT molecular complexity index is 878. The summed E-state index contributed by atoms with van der Waals surface area (Å²) < 4.78 is 51.9. The van der Waals surface area contributed by atoms with Crippen molar-refractivity contribution in [2.75, 3.05) is 57.5 Å². The van der Waals surface area contributed by atoms with Crippen LogP contribution in [0.5, 0.6) is 5.75 Å². The number of hydrogen-bond donors (Lipinski definition) is 1. The van der Waals surface area contributed by atoms with Crippen molar-refractivity contribution in [2.24, 2.45) is 5.92 Å². The zero-order valence-corrected chi connectivity index (χ0v) is 18.9. The van der Waals surface area contributed by atoms with Gasteiger partial charge >= 0.3 is 0 Å². The summed E-state index contributed by atoms with van der Waals surface area (Å²) in [6, 6.07) is 4.70. The van der Waals surface area contributed by atoms with Gasteiger partial charge in [0.1, 0.15) is 18.2 Å². The van der Waals surface area contributed by atoms with Crippen LogP contribution in [0.15, 0.2) is 18.2 Å². The molecule has 2 aliphatic heterocycles. The van der Waals surface area contributed by atoms with E-state index in [9.17, 15) is 22.7 Å². The van der Waals surface area contributed by atoms with Crippen LogP contribution >= 0.6 is 0 Å². The molecule has 0 radical (unpaired) electrons. The number of hydrogen-bond acceptors (Lipinski definition) is 7. The third-order valence-corrected chi connectivity index (χ3v) is 8.54.